The smallest absolute Gasteiger partial charge is 0.249 e. The van der Waals surface area contributed by atoms with Crippen molar-refractivity contribution >= 4 is 51.3 Å². The van der Waals surface area contributed by atoms with Crippen molar-refractivity contribution in [1.29, 1.82) is 0 Å². The van der Waals surface area contributed by atoms with Crippen molar-refractivity contribution in [2.45, 2.75) is 19.4 Å². The topological polar surface area (TPSA) is 58.1 Å². The van der Waals surface area contributed by atoms with E-state index in [2.05, 4.69) is 15.5 Å². The van der Waals surface area contributed by atoms with Crippen LogP contribution in [0.1, 0.15) is 11.4 Å². The molecule has 1 N–H and O–H groups in total. The molecular weight excluding hydrogens is 331 g/mol. The molecule has 0 radical (unpaired) electrons. The van der Waals surface area contributed by atoms with Gasteiger partial charge in [0.25, 0.3) is 0 Å². The number of anilines is 2. The summed E-state index contributed by atoms with van der Waals surface area (Å²) in [6.45, 7) is 2.51. The number of hydrogen-bond donors (Lipinski definition) is 1. The molecule has 5 nitrogen and oxygen atoms in total. The number of benzene rings is 1. The number of halogens is 2. The maximum Gasteiger partial charge on any atom is 0.249 e. The van der Waals surface area contributed by atoms with Crippen LogP contribution in [0.2, 0.25) is 10.0 Å². The molecule has 1 aliphatic rings. The predicted molar refractivity (Wildman–Crippen MR) is 85.5 cm³/mol. The first-order chi connectivity index (χ1) is 10.0. The third kappa shape index (κ3) is 2.97. The van der Waals surface area contributed by atoms with Gasteiger partial charge in [-0.15, -0.1) is 10.2 Å². The second-order valence-electron chi connectivity index (χ2n) is 4.70. The molecule has 1 saturated heterocycles. The summed E-state index contributed by atoms with van der Waals surface area (Å²) in [7, 11) is 0. The fourth-order valence-corrected chi connectivity index (χ4v) is 3.16. The van der Waals surface area contributed by atoms with Crippen LogP contribution in [0.15, 0.2) is 18.2 Å². The summed E-state index contributed by atoms with van der Waals surface area (Å²) >= 11 is 13.3. The van der Waals surface area contributed by atoms with E-state index >= 15 is 0 Å². The zero-order chi connectivity index (χ0) is 15.0. The van der Waals surface area contributed by atoms with Gasteiger partial charge in [-0.2, -0.15) is 0 Å². The van der Waals surface area contributed by atoms with Crippen LogP contribution in [-0.4, -0.2) is 28.7 Å². The molecule has 1 unspecified atom stereocenters. The van der Waals surface area contributed by atoms with Crippen molar-refractivity contribution in [3.8, 4) is 0 Å². The number of rotatable bonds is 3. The van der Waals surface area contributed by atoms with Crippen LogP contribution >= 0.6 is 34.5 Å². The molecule has 1 aromatic heterocycles. The molecule has 1 atom stereocenters. The molecule has 0 spiro atoms. The molecule has 0 saturated carbocycles. The van der Waals surface area contributed by atoms with Crippen molar-refractivity contribution in [1.82, 2.24) is 10.2 Å². The van der Waals surface area contributed by atoms with Crippen molar-refractivity contribution in [2.24, 2.45) is 0 Å². The molecule has 2 aromatic rings. The Balaban J connectivity index is 1.75. The Morgan fingerprint density at radius 3 is 2.81 bits per heavy atom. The molecule has 1 aliphatic heterocycles. The fourth-order valence-electron chi connectivity index (χ4n) is 2.23. The minimum absolute atomic E-state index is 0.00115. The summed E-state index contributed by atoms with van der Waals surface area (Å²) in [6.07, 6.45) is 0.706. The van der Waals surface area contributed by atoms with Crippen molar-refractivity contribution in [3.05, 3.63) is 33.3 Å². The van der Waals surface area contributed by atoms with Gasteiger partial charge in [0, 0.05) is 12.2 Å². The Hall–Kier alpha value is -1.37. The van der Waals surface area contributed by atoms with Crippen LogP contribution in [0.3, 0.4) is 0 Å². The minimum Gasteiger partial charge on any atom is -0.348 e. The zero-order valence-corrected chi connectivity index (χ0v) is 13.5. The van der Waals surface area contributed by atoms with Gasteiger partial charge < -0.3 is 10.2 Å². The van der Waals surface area contributed by atoms with E-state index in [9.17, 15) is 4.79 Å². The third-order valence-electron chi connectivity index (χ3n) is 3.24. The number of hydrogen-bond acceptors (Lipinski definition) is 5. The highest BCUT2D eigenvalue weighted by atomic mass is 35.5. The van der Waals surface area contributed by atoms with Gasteiger partial charge in [0.05, 0.1) is 10.0 Å². The van der Waals surface area contributed by atoms with Crippen LogP contribution in [-0.2, 0) is 4.79 Å². The van der Waals surface area contributed by atoms with E-state index in [0.29, 0.717) is 28.1 Å². The number of carbonyl (C=O) groups is 1. The van der Waals surface area contributed by atoms with Crippen molar-refractivity contribution in [3.63, 3.8) is 0 Å². The number of nitrogens with one attached hydrogen (secondary N) is 1. The SMILES string of the molecule is Cc1nnc(NC2CCN(c3ccc(Cl)c(Cl)c3)C2=O)s1. The summed E-state index contributed by atoms with van der Waals surface area (Å²) in [5.74, 6) is 0.00115. The first-order valence-electron chi connectivity index (χ1n) is 6.37. The standard InChI is InChI=1S/C13H12Cl2N4OS/c1-7-17-18-13(21-7)16-11-4-5-19(12(11)20)8-2-3-9(14)10(15)6-8/h2-3,6,11H,4-5H2,1H3,(H,16,18). The maximum atomic E-state index is 12.5. The Kier molecular flexibility index (Phi) is 4.01. The third-order valence-corrected chi connectivity index (χ3v) is 4.75. The number of aromatic nitrogens is 2. The number of amides is 1. The van der Waals surface area contributed by atoms with E-state index in [4.69, 9.17) is 23.2 Å². The molecule has 2 heterocycles. The molecule has 0 bridgehead atoms. The molecule has 21 heavy (non-hydrogen) atoms. The van der Waals surface area contributed by atoms with Gasteiger partial charge in [-0.25, -0.2) is 0 Å². The van der Waals surface area contributed by atoms with Gasteiger partial charge in [0.15, 0.2) is 0 Å². The van der Waals surface area contributed by atoms with E-state index in [1.807, 2.05) is 6.92 Å². The molecule has 1 aromatic carbocycles. The quantitative estimate of drug-likeness (QED) is 0.928. The number of nitrogens with zero attached hydrogens (tertiary/aromatic N) is 3. The van der Waals surface area contributed by atoms with Gasteiger partial charge in [-0.1, -0.05) is 34.5 Å². The van der Waals surface area contributed by atoms with E-state index in [0.717, 1.165) is 10.7 Å². The predicted octanol–water partition coefficient (Wildman–Crippen LogP) is 3.37. The van der Waals surface area contributed by atoms with Crippen molar-refractivity contribution in [2.75, 3.05) is 16.8 Å². The highest BCUT2D eigenvalue weighted by Crippen LogP contribution is 2.30. The summed E-state index contributed by atoms with van der Waals surface area (Å²) in [4.78, 5) is 14.2. The minimum atomic E-state index is -0.285. The van der Waals surface area contributed by atoms with Crippen LogP contribution < -0.4 is 10.2 Å². The number of aryl methyl sites for hydroxylation is 1. The van der Waals surface area contributed by atoms with Gasteiger partial charge in [0.1, 0.15) is 11.0 Å². The monoisotopic (exact) mass is 342 g/mol. The van der Waals surface area contributed by atoms with Gasteiger partial charge in [-0.3, -0.25) is 4.79 Å². The van der Waals surface area contributed by atoms with E-state index in [1.54, 1.807) is 23.1 Å². The Bertz CT molecular complexity index is 691. The van der Waals surface area contributed by atoms with E-state index in [1.165, 1.54) is 11.3 Å². The number of carbonyl (C=O) groups excluding carboxylic acids is 1. The Labute approximate surface area is 135 Å². The van der Waals surface area contributed by atoms with E-state index in [-0.39, 0.29) is 11.9 Å². The maximum absolute atomic E-state index is 12.5. The molecule has 1 amide bonds. The molecule has 1 fully saturated rings. The van der Waals surface area contributed by atoms with Crippen LogP contribution in [0.4, 0.5) is 10.8 Å². The summed E-state index contributed by atoms with van der Waals surface area (Å²) < 4.78 is 0. The lowest BCUT2D eigenvalue weighted by atomic mass is 10.2. The molecule has 110 valence electrons. The molecule has 0 aliphatic carbocycles. The second-order valence-corrected chi connectivity index (χ2v) is 6.70. The Morgan fingerprint density at radius 1 is 1.33 bits per heavy atom. The first-order valence-corrected chi connectivity index (χ1v) is 7.95. The van der Waals surface area contributed by atoms with Crippen LogP contribution in [0, 0.1) is 6.92 Å². The van der Waals surface area contributed by atoms with Crippen molar-refractivity contribution < 1.29 is 4.79 Å². The lowest BCUT2D eigenvalue weighted by Gasteiger charge is -2.17. The zero-order valence-electron chi connectivity index (χ0n) is 11.1. The summed E-state index contributed by atoms with van der Waals surface area (Å²) in [5, 5.41) is 13.5. The summed E-state index contributed by atoms with van der Waals surface area (Å²) in [6, 6.07) is 4.91. The molecule has 3 rings (SSSR count). The average Bonchev–Trinajstić information content (AvgIpc) is 3.01. The molecular formula is C13H12Cl2N4OS. The molecule has 8 heteroatoms. The van der Waals surface area contributed by atoms with Crippen LogP contribution in [0.5, 0.6) is 0 Å². The Morgan fingerprint density at radius 2 is 2.14 bits per heavy atom. The van der Waals surface area contributed by atoms with Gasteiger partial charge >= 0.3 is 0 Å². The van der Waals surface area contributed by atoms with Gasteiger partial charge in [0.2, 0.25) is 11.0 Å². The largest absolute Gasteiger partial charge is 0.348 e. The average molecular weight is 343 g/mol. The first kappa shape index (κ1) is 14.6. The highest BCUT2D eigenvalue weighted by molar-refractivity contribution is 7.15. The van der Waals surface area contributed by atoms with Crippen LogP contribution in [0.25, 0.3) is 0 Å². The lowest BCUT2D eigenvalue weighted by Crippen LogP contribution is -2.33. The summed E-state index contributed by atoms with van der Waals surface area (Å²) in [5.41, 5.74) is 0.757. The normalized spacial score (nSPS) is 18.3. The fraction of sp³-hybridized carbons (Fsp3) is 0.308. The highest BCUT2D eigenvalue weighted by Gasteiger charge is 2.33. The lowest BCUT2D eigenvalue weighted by molar-refractivity contribution is -0.117. The second kappa shape index (κ2) is 5.79. The van der Waals surface area contributed by atoms with Gasteiger partial charge in [-0.05, 0) is 31.5 Å². The van der Waals surface area contributed by atoms with E-state index < -0.39 is 0 Å².